The summed E-state index contributed by atoms with van der Waals surface area (Å²) in [5.74, 6) is 1.86. The van der Waals surface area contributed by atoms with Gasteiger partial charge in [0.05, 0.1) is 5.39 Å². The second kappa shape index (κ2) is 7.96. The Morgan fingerprint density at radius 3 is 2.48 bits per heavy atom. The van der Waals surface area contributed by atoms with E-state index >= 15 is 0 Å². The molecule has 3 heterocycles. The third kappa shape index (κ3) is 3.77. The first-order valence-electron chi connectivity index (χ1n) is 10.4. The molecule has 1 saturated heterocycles. The van der Waals surface area contributed by atoms with Crippen LogP contribution in [0.15, 0.2) is 66.3 Å². The molecule has 2 aromatic heterocycles. The van der Waals surface area contributed by atoms with E-state index in [2.05, 4.69) is 76.8 Å². The normalized spacial score (nSPS) is 15.1. The second-order valence-electron chi connectivity index (χ2n) is 8.01. The van der Waals surface area contributed by atoms with Crippen LogP contribution < -0.4 is 4.90 Å². The van der Waals surface area contributed by atoms with Crippen LogP contribution in [0.3, 0.4) is 0 Å². The highest BCUT2D eigenvalue weighted by Crippen LogP contribution is 2.39. The number of aryl methyl sites for hydroxylation is 1. The summed E-state index contributed by atoms with van der Waals surface area (Å²) in [6, 6.07) is 19.7. The van der Waals surface area contributed by atoms with Gasteiger partial charge in [0, 0.05) is 24.0 Å². The van der Waals surface area contributed by atoms with Crippen LogP contribution in [0.1, 0.15) is 24.0 Å². The SMILES string of the molecule is Cc1ccc(-c2csc3ncnc(N4CCC(Cc5ccccc5)CC4)c23)cc1. The number of hydrogen-bond donors (Lipinski definition) is 0. The summed E-state index contributed by atoms with van der Waals surface area (Å²) in [6.45, 7) is 4.25. The fraction of sp³-hybridized carbons (Fsp3) is 0.280. The lowest BCUT2D eigenvalue weighted by molar-refractivity contribution is 0.403. The van der Waals surface area contributed by atoms with Crippen molar-refractivity contribution in [1.29, 1.82) is 0 Å². The molecule has 4 heteroatoms. The molecule has 0 amide bonds. The van der Waals surface area contributed by atoms with Crippen molar-refractivity contribution < 1.29 is 0 Å². The largest absolute Gasteiger partial charge is 0.356 e. The van der Waals surface area contributed by atoms with Crippen LogP contribution in [0.25, 0.3) is 21.3 Å². The van der Waals surface area contributed by atoms with Crippen molar-refractivity contribution in [3.8, 4) is 11.1 Å². The number of nitrogens with zero attached hydrogens (tertiary/aromatic N) is 3. The standard InChI is InChI=1S/C25H25N3S/c1-18-7-9-21(10-8-18)22-16-29-25-23(22)24(26-17-27-25)28-13-11-20(12-14-28)15-19-5-3-2-4-6-19/h2-10,16-17,20H,11-15H2,1H3. The molecule has 146 valence electrons. The first kappa shape index (κ1) is 18.3. The molecule has 3 nitrogen and oxygen atoms in total. The van der Waals surface area contributed by atoms with Crippen LogP contribution in [0.2, 0.25) is 0 Å². The van der Waals surface area contributed by atoms with Gasteiger partial charge in [-0.25, -0.2) is 9.97 Å². The second-order valence-corrected chi connectivity index (χ2v) is 8.87. The molecule has 1 aliphatic heterocycles. The van der Waals surface area contributed by atoms with E-state index in [1.165, 1.54) is 46.9 Å². The zero-order valence-electron chi connectivity index (χ0n) is 16.7. The van der Waals surface area contributed by atoms with Gasteiger partial charge >= 0.3 is 0 Å². The Hall–Kier alpha value is -2.72. The van der Waals surface area contributed by atoms with E-state index in [1.807, 2.05) is 0 Å². The van der Waals surface area contributed by atoms with Gasteiger partial charge in [-0.1, -0.05) is 60.2 Å². The van der Waals surface area contributed by atoms with Gasteiger partial charge in [-0.2, -0.15) is 0 Å². The Morgan fingerprint density at radius 2 is 1.72 bits per heavy atom. The van der Waals surface area contributed by atoms with Gasteiger partial charge < -0.3 is 4.90 Å². The third-order valence-electron chi connectivity index (χ3n) is 5.99. The monoisotopic (exact) mass is 399 g/mol. The number of aromatic nitrogens is 2. The number of thiophene rings is 1. The maximum absolute atomic E-state index is 4.74. The van der Waals surface area contributed by atoms with Gasteiger partial charge in [0.1, 0.15) is 17.0 Å². The lowest BCUT2D eigenvalue weighted by Gasteiger charge is -2.33. The number of rotatable bonds is 4. The fourth-order valence-corrected chi connectivity index (χ4v) is 5.25. The zero-order chi connectivity index (χ0) is 19.6. The maximum Gasteiger partial charge on any atom is 0.141 e. The number of hydrogen-bond acceptors (Lipinski definition) is 4. The Bertz CT molecular complexity index is 1090. The Balaban J connectivity index is 1.39. The van der Waals surface area contributed by atoms with Gasteiger partial charge in [0.25, 0.3) is 0 Å². The van der Waals surface area contributed by atoms with Crippen molar-refractivity contribution in [2.45, 2.75) is 26.2 Å². The van der Waals surface area contributed by atoms with Crippen molar-refractivity contribution in [3.05, 3.63) is 77.4 Å². The fourth-order valence-electron chi connectivity index (χ4n) is 4.34. The van der Waals surface area contributed by atoms with Crippen molar-refractivity contribution in [2.75, 3.05) is 18.0 Å². The molecular weight excluding hydrogens is 374 g/mol. The van der Waals surface area contributed by atoms with Gasteiger partial charge in [-0.15, -0.1) is 11.3 Å². The lowest BCUT2D eigenvalue weighted by atomic mass is 9.90. The predicted octanol–water partition coefficient (Wildman–Crippen LogP) is 6.13. The Morgan fingerprint density at radius 1 is 0.966 bits per heavy atom. The van der Waals surface area contributed by atoms with E-state index in [4.69, 9.17) is 4.98 Å². The molecule has 2 aromatic carbocycles. The first-order valence-corrected chi connectivity index (χ1v) is 11.2. The van der Waals surface area contributed by atoms with Crippen molar-refractivity contribution in [3.63, 3.8) is 0 Å². The van der Waals surface area contributed by atoms with E-state index in [9.17, 15) is 0 Å². The lowest BCUT2D eigenvalue weighted by Crippen LogP contribution is -2.35. The van der Waals surface area contributed by atoms with Crippen LogP contribution in [-0.2, 0) is 6.42 Å². The van der Waals surface area contributed by atoms with E-state index < -0.39 is 0 Å². The summed E-state index contributed by atoms with van der Waals surface area (Å²) < 4.78 is 0. The molecule has 5 rings (SSSR count). The van der Waals surface area contributed by atoms with Crippen molar-refractivity contribution in [2.24, 2.45) is 5.92 Å². The Labute approximate surface area is 176 Å². The highest BCUT2D eigenvalue weighted by Gasteiger charge is 2.23. The summed E-state index contributed by atoms with van der Waals surface area (Å²) in [7, 11) is 0. The molecule has 0 bridgehead atoms. The van der Waals surface area contributed by atoms with Crippen LogP contribution in [0, 0.1) is 12.8 Å². The van der Waals surface area contributed by atoms with Crippen LogP contribution >= 0.6 is 11.3 Å². The minimum atomic E-state index is 0.755. The van der Waals surface area contributed by atoms with E-state index in [0.29, 0.717) is 0 Å². The summed E-state index contributed by atoms with van der Waals surface area (Å²) in [5.41, 5.74) is 5.24. The van der Waals surface area contributed by atoms with E-state index in [1.54, 1.807) is 17.7 Å². The highest BCUT2D eigenvalue weighted by molar-refractivity contribution is 7.17. The molecule has 0 saturated carbocycles. The summed E-state index contributed by atoms with van der Waals surface area (Å²) in [6.07, 6.45) is 5.33. The highest BCUT2D eigenvalue weighted by atomic mass is 32.1. The molecule has 1 fully saturated rings. The summed E-state index contributed by atoms with van der Waals surface area (Å²) in [5, 5.41) is 3.44. The van der Waals surface area contributed by atoms with Gasteiger partial charge in [0.2, 0.25) is 0 Å². The quantitative estimate of drug-likeness (QED) is 0.413. The van der Waals surface area contributed by atoms with Crippen LogP contribution in [0.5, 0.6) is 0 Å². The number of fused-ring (bicyclic) bond motifs is 1. The van der Waals surface area contributed by atoms with Gasteiger partial charge in [0.15, 0.2) is 0 Å². The number of piperidine rings is 1. The number of anilines is 1. The maximum atomic E-state index is 4.74. The van der Waals surface area contributed by atoms with Gasteiger partial charge in [-0.3, -0.25) is 0 Å². The minimum Gasteiger partial charge on any atom is -0.356 e. The molecule has 0 atom stereocenters. The summed E-state index contributed by atoms with van der Waals surface area (Å²) in [4.78, 5) is 12.8. The Kier molecular flexibility index (Phi) is 5.03. The summed E-state index contributed by atoms with van der Waals surface area (Å²) >= 11 is 1.72. The molecule has 0 aliphatic carbocycles. The van der Waals surface area contributed by atoms with Crippen LogP contribution in [0.4, 0.5) is 5.82 Å². The average Bonchev–Trinajstić information content (AvgIpc) is 3.20. The topological polar surface area (TPSA) is 29.0 Å². The molecule has 0 N–H and O–H groups in total. The van der Waals surface area contributed by atoms with Crippen molar-refractivity contribution in [1.82, 2.24) is 9.97 Å². The van der Waals surface area contributed by atoms with E-state index in [-0.39, 0.29) is 0 Å². The zero-order valence-corrected chi connectivity index (χ0v) is 17.5. The molecule has 4 aromatic rings. The first-order chi connectivity index (χ1) is 14.3. The average molecular weight is 400 g/mol. The van der Waals surface area contributed by atoms with Crippen molar-refractivity contribution >= 4 is 27.4 Å². The predicted molar refractivity (Wildman–Crippen MR) is 123 cm³/mol. The molecule has 0 unspecified atom stereocenters. The van der Waals surface area contributed by atoms with E-state index in [0.717, 1.165) is 29.7 Å². The molecule has 0 spiro atoms. The molecule has 1 aliphatic rings. The number of benzene rings is 2. The minimum absolute atomic E-state index is 0.755. The molecular formula is C25H25N3S. The smallest absolute Gasteiger partial charge is 0.141 e. The van der Waals surface area contributed by atoms with Crippen LogP contribution in [-0.4, -0.2) is 23.1 Å². The van der Waals surface area contributed by atoms with Gasteiger partial charge in [-0.05, 0) is 43.2 Å². The molecule has 0 radical (unpaired) electrons. The third-order valence-corrected chi connectivity index (χ3v) is 6.88. The molecule has 29 heavy (non-hydrogen) atoms.